The van der Waals surface area contributed by atoms with Crippen molar-refractivity contribution in [2.45, 2.75) is 13.0 Å². The van der Waals surface area contributed by atoms with E-state index in [9.17, 15) is 0 Å². The Morgan fingerprint density at radius 1 is 1.47 bits per heavy atom. The molecule has 0 fully saturated rings. The van der Waals surface area contributed by atoms with Gasteiger partial charge in [-0.15, -0.1) is 0 Å². The van der Waals surface area contributed by atoms with Crippen LogP contribution in [0.3, 0.4) is 0 Å². The minimum atomic E-state index is 0.0538. The predicted octanol–water partition coefficient (Wildman–Crippen LogP) is 2.65. The molecule has 0 bridgehead atoms. The van der Waals surface area contributed by atoms with Crippen LogP contribution in [0.25, 0.3) is 5.69 Å². The Labute approximate surface area is 97.1 Å². The highest BCUT2D eigenvalue weighted by atomic mass is 79.9. The highest BCUT2D eigenvalue weighted by Gasteiger charge is 2.05. The van der Waals surface area contributed by atoms with Crippen molar-refractivity contribution in [1.29, 1.82) is 0 Å². The summed E-state index contributed by atoms with van der Waals surface area (Å²) in [6, 6.07) is 6.16. The lowest BCUT2D eigenvalue weighted by atomic mass is 10.1. The number of hydrogen-bond acceptors (Lipinski definition) is 2. The lowest BCUT2D eigenvalue weighted by Gasteiger charge is -2.10. The van der Waals surface area contributed by atoms with Crippen LogP contribution in [-0.4, -0.2) is 9.55 Å². The van der Waals surface area contributed by atoms with Gasteiger partial charge in [-0.3, -0.25) is 0 Å². The Hall–Kier alpha value is -1.13. The Morgan fingerprint density at radius 3 is 2.80 bits per heavy atom. The van der Waals surface area contributed by atoms with Gasteiger partial charge in [0.2, 0.25) is 0 Å². The van der Waals surface area contributed by atoms with Gasteiger partial charge in [0.25, 0.3) is 0 Å². The van der Waals surface area contributed by atoms with E-state index in [1.807, 2.05) is 35.9 Å². The molecule has 2 aromatic rings. The highest BCUT2D eigenvalue weighted by molar-refractivity contribution is 9.10. The van der Waals surface area contributed by atoms with Gasteiger partial charge in [0.1, 0.15) is 0 Å². The Balaban J connectivity index is 2.44. The van der Waals surface area contributed by atoms with Gasteiger partial charge in [-0.05, 0) is 40.5 Å². The molecule has 1 atom stereocenters. The van der Waals surface area contributed by atoms with Gasteiger partial charge in [0, 0.05) is 22.9 Å². The molecule has 15 heavy (non-hydrogen) atoms. The fourth-order valence-corrected chi connectivity index (χ4v) is 2.02. The van der Waals surface area contributed by atoms with Gasteiger partial charge < -0.3 is 10.3 Å². The lowest BCUT2D eigenvalue weighted by molar-refractivity contribution is 0.816. The fraction of sp³-hybridized carbons (Fsp3) is 0.182. The van der Waals surface area contributed by atoms with Crippen molar-refractivity contribution in [3.05, 3.63) is 47.0 Å². The summed E-state index contributed by atoms with van der Waals surface area (Å²) in [5, 5.41) is 0. The summed E-state index contributed by atoms with van der Waals surface area (Å²) in [5.74, 6) is 0. The molecular formula is C11H12BrN3. The van der Waals surface area contributed by atoms with Crippen LogP contribution < -0.4 is 5.73 Å². The highest BCUT2D eigenvalue weighted by Crippen LogP contribution is 2.24. The third kappa shape index (κ3) is 2.11. The monoisotopic (exact) mass is 265 g/mol. The number of hydrogen-bond donors (Lipinski definition) is 1. The number of nitrogens with zero attached hydrogens (tertiary/aromatic N) is 2. The van der Waals surface area contributed by atoms with Gasteiger partial charge in [-0.2, -0.15) is 0 Å². The van der Waals surface area contributed by atoms with Gasteiger partial charge in [0.15, 0.2) is 0 Å². The third-order valence-corrected chi connectivity index (χ3v) is 2.92. The van der Waals surface area contributed by atoms with E-state index in [1.165, 1.54) is 0 Å². The van der Waals surface area contributed by atoms with Gasteiger partial charge in [0.05, 0.1) is 12.0 Å². The Bertz CT molecular complexity index is 449. The van der Waals surface area contributed by atoms with Crippen LogP contribution in [0.4, 0.5) is 0 Å². The molecule has 2 N–H and O–H groups in total. The summed E-state index contributed by atoms with van der Waals surface area (Å²) in [6.45, 7) is 1.97. The number of nitrogens with two attached hydrogens (primary N) is 1. The van der Waals surface area contributed by atoms with Crippen molar-refractivity contribution in [3.63, 3.8) is 0 Å². The summed E-state index contributed by atoms with van der Waals surface area (Å²) in [6.07, 6.45) is 5.43. The second kappa shape index (κ2) is 4.16. The molecule has 3 nitrogen and oxygen atoms in total. The van der Waals surface area contributed by atoms with Crippen molar-refractivity contribution >= 4 is 15.9 Å². The molecule has 0 radical (unpaired) electrons. The zero-order chi connectivity index (χ0) is 10.8. The molecule has 1 heterocycles. The zero-order valence-corrected chi connectivity index (χ0v) is 9.98. The first-order valence-electron chi connectivity index (χ1n) is 4.72. The summed E-state index contributed by atoms with van der Waals surface area (Å²) in [4.78, 5) is 4.01. The molecule has 0 aliphatic heterocycles. The smallest absolute Gasteiger partial charge is 0.0992 e. The average molecular weight is 266 g/mol. The topological polar surface area (TPSA) is 43.8 Å². The standard InChI is InChI=1S/C11H12BrN3/c1-8(13)9-2-3-11(10(12)6-9)15-5-4-14-7-15/h2-8H,13H2,1H3. The fourth-order valence-electron chi connectivity index (χ4n) is 1.42. The van der Waals surface area contributed by atoms with Gasteiger partial charge >= 0.3 is 0 Å². The molecule has 1 aromatic carbocycles. The zero-order valence-electron chi connectivity index (χ0n) is 8.39. The second-order valence-corrected chi connectivity index (χ2v) is 4.32. The molecule has 78 valence electrons. The van der Waals surface area contributed by atoms with Gasteiger partial charge in [-0.25, -0.2) is 4.98 Å². The lowest BCUT2D eigenvalue weighted by Crippen LogP contribution is -2.05. The maximum atomic E-state index is 5.81. The van der Waals surface area contributed by atoms with Gasteiger partial charge in [-0.1, -0.05) is 6.07 Å². The number of benzene rings is 1. The average Bonchev–Trinajstić information content (AvgIpc) is 2.70. The molecule has 0 amide bonds. The van der Waals surface area contributed by atoms with E-state index in [-0.39, 0.29) is 6.04 Å². The van der Waals surface area contributed by atoms with E-state index in [4.69, 9.17) is 5.73 Å². The maximum Gasteiger partial charge on any atom is 0.0992 e. The number of halogens is 1. The van der Waals surface area contributed by atoms with Crippen LogP contribution in [0, 0.1) is 0 Å². The summed E-state index contributed by atoms with van der Waals surface area (Å²) >= 11 is 3.53. The molecule has 0 spiro atoms. The molecular weight excluding hydrogens is 254 g/mol. The minimum Gasteiger partial charge on any atom is -0.324 e. The van der Waals surface area contributed by atoms with Crippen LogP contribution in [0.2, 0.25) is 0 Å². The van der Waals surface area contributed by atoms with E-state index >= 15 is 0 Å². The van der Waals surface area contributed by atoms with Crippen molar-refractivity contribution in [2.24, 2.45) is 5.73 Å². The van der Waals surface area contributed by atoms with Crippen LogP contribution in [0.5, 0.6) is 0 Å². The molecule has 0 aliphatic carbocycles. The summed E-state index contributed by atoms with van der Waals surface area (Å²) in [7, 11) is 0. The number of imidazole rings is 1. The number of rotatable bonds is 2. The van der Waals surface area contributed by atoms with E-state index in [0.717, 1.165) is 15.7 Å². The van der Waals surface area contributed by atoms with E-state index in [0.29, 0.717) is 0 Å². The Morgan fingerprint density at radius 2 is 2.27 bits per heavy atom. The van der Waals surface area contributed by atoms with E-state index < -0.39 is 0 Å². The van der Waals surface area contributed by atoms with Crippen molar-refractivity contribution in [3.8, 4) is 5.69 Å². The summed E-state index contributed by atoms with van der Waals surface area (Å²) < 4.78 is 2.98. The Kier molecular flexibility index (Phi) is 2.88. The molecule has 1 aromatic heterocycles. The molecule has 1 unspecified atom stereocenters. The normalized spacial score (nSPS) is 12.7. The van der Waals surface area contributed by atoms with Crippen LogP contribution in [-0.2, 0) is 0 Å². The minimum absolute atomic E-state index is 0.0538. The van der Waals surface area contributed by atoms with Crippen LogP contribution in [0.1, 0.15) is 18.5 Å². The predicted molar refractivity (Wildman–Crippen MR) is 63.9 cm³/mol. The first kappa shape index (κ1) is 10.4. The molecule has 0 aliphatic rings. The number of aromatic nitrogens is 2. The third-order valence-electron chi connectivity index (χ3n) is 2.28. The first-order valence-corrected chi connectivity index (χ1v) is 5.51. The first-order chi connectivity index (χ1) is 7.18. The largest absolute Gasteiger partial charge is 0.324 e. The van der Waals surface area contributed by atoms with E-state index in [1.54, 1.807) is 12.5 Å². The van der Waals surface area contributed by atoms with E-state index in [2.05, 4.69) is 20.9 Å². The van der Waals surface area contributed by atoms with Crippen molar-refractivity contribution in [1.82, 2.24) is 9.55 Å². The molecule has 0 saturated carbocycles. The van der Waals surface area contributed by atoms with Crippen molar-refractivity contribution in [2.75, 3.05) is 0 Å². The van der Waals surface area contributed by atoms with Crippen LogP contribution >= 0.6 is 15.9 Å². The second-order valence-electron chi connectivity index (χ2n) is 3.47. The SMILES string of the molecule is CC(N)c1ccc(-n2ccnc2)c(Br)c1. The van der Waals surface area contributed by atoms with Crippen molar-refractivity contribution < 1.29 is 0 Å². The molecule has 0 saturated heterocycles. The molecule has 2 rings (SSSR count). The maximum absolute atomic E-state index is 5.81. The quantitative estimate of drug-likeness (QED) is 0.908. The summed E-state index contributed by atoms with van der Waals surface area (Å²) in [5.41, 5.74) is 7.99. The molecule has 4 heteroatoms. The van der Waals surface area contributed by atoms with Crippen LogP contribution in [0.15, 0.2) is 41.4 Å².